The summed E-state index contributed by atoms with van der Waals surface area (Å²) in [6.07, 6.45) is 3.35. The smallest absolute Gasteiger partial charge is 0.348 e. The van der Waals surface area contributed by atoms with Crippen molar-refractivity contribution in [2.24, 2.45) is 0 Å². The predicted octanol–water partition coefficient (Wildman–Crippen LogP) is 8.70. The van der Waals surface area contributed by atoms with Gasteiger partial charge in [0.25, 0.3) is 0 Å². The summed E-state index contributed by atoms with van der Waals surface area (Å²) in [5.74, 6) is -0.0716. The van der Waals surface area contributed by atoms with Crippen LogP contribution in [0.2, 0.25) is 0 Å². The van der Waals surface area contributed by atoms with Gasteiger partial charge in [-0.05, 0) is 79.7 Å². The molecule has 0 amide bonds. The van der Waals surface area contributed by atoms with Gasteiger partial charge in [0.1, 0.15) is 11.5 Å². The van der Waals surface area contributed by atoms with Crippen LogP contribution in [0, 0.1) is 0 Å². The molecule has 2 aromatic heterocycles. The van der Waals surface area contributed by atoms with E-state index < -0.39 is 11.9 Å². The number of carbonyl (C=O) groups is 2. The quantitative estimate of drug-likeness (QED) is 0.107. The van der Waals surface area contributed by atoms with E-state index in [-0.39, 0.29) is 11.1 Å². The van der Waals surface area contributed by atoms with Crippen molar-refractivity contribution in [2.45, 2.75) is 6.92 Å². The number of nitrogens with one attached hydrogen (secondary N) is 2. The molecule has 2 N–H and O–H groups in total. The summed E-state index contributed by atoms with van der Waals surface area (Å²) in [7, 11) is 1.62. The minimum atomic E-state index is -0.792. The molecule has 238 valence electrons. The van der Waals surface area contributed by atoms with Crippen molar-refractivity contribution in [2.75, 3.05) is 24.4 Å². The number of benzene rings is 4. The lowest BCUT2D eigenvalue weighted by atomic mass is 10.1. The number of methoxy groups -OCH3 is 1. The fourth-order valence-electron chi connectivity index (χ4n) is 5.02. The van der Waals surface area contributed by atoms with E-state index in [2.05, 4.69) is 20.6 Å². The molecular weight excluding hydrogens is 604 g/mol. The number of nitrogens with zero attached hydrogens (tertiary/aromatic N) is 2. The van der Waals surface area contributed by atoms with Crippen LogP contribution < -0.4 is 20.1 Å². The summed E-state index contributed by atoms with van der Waals surface area (Å²) in [5, 5.41) is 6.43. The SMILES string of the molecule is CCOc1cccc(-c2ccc(Nc3ccccc3C(=O)OC(=O)c3ccccc3Nc3ccc(-c4cccc(OC)c4)nc3)cn2)c1. The molecule has 48 heavy (non-hydrogen) atoms. The maximum atomic E-state index is 13.3. The topological polar surface area (TPSA) is 112 Å². The molecule has 2 heterocycles. The molecule has 0 fully saturated rings. The zero-order chi connectivity index (χ0) is 33.3. The van der Waals surface area contributed by atoms with E-state index in [4.69, 9.17) is 14.2 Å². The molecule has 9 heteroatoms. The molecule has 0 aliphatic heterocycles. The Hall–Kier alpha value is -6.48. The van der Waals surface area contributed by atoms with Crippen molar-refractivity contribution in [3.8, 4) is 34.0 Å². The highest BCUT2D eigenvalue weighted by Gasteiger charge is 2.20. The summed E-state index contributed by atoms with van der Waals surface area (Å²) >= 11 is 0. The first kappa shape index (κ1) is 31.5. The molecule has 4 aromatic carbocycles. The second-order valence-corrected chi connectivity index (χ2v) is 10.6. The van der Waals surface area contributed by atoms with Crippen molar-refractivity contribution >= 4 is 34.7 Å². The second-order valence-electron chi connectivity index (χ2n) is 10.6. The fourth-order valence-corrected chi connectivity index (χ4v) is 5.02. The van der Waals surface area contributed by atoms with Gasteiger partial charge in [-0.2, -0.15) is 0 Å². The number of ether oxygens (including phenoxy) is 3. The number of esters is 2. The average molecular weight is 637 g/mol. The summed E-state index contributed by atoms with van der Waals surface area (Å²) < 4.78 is 16.3. The largest absolute Gasteiger partial charge is 0.497 e. The van der Waals surface area contributed by atoms with E-state index in [1.165, 1.54) is 0 Å². The lowest BCUT2D eigenvalue weighted by Gasteiger charge is -2.13. The molecular formula is C39H32N4O5. The molecule has 9 nitrogen and oxygen atoms in total. The Morgan fingerprint density at radius 1 is 0.604 bits per heavy atom. The van der Waals surface area contributed by atoms with Crippen molar-refractivity contribution in [3.63, 3.8) is 0 Å². The van der Waals surface area contributed by atoms with Crippen LogP contribution in [0.3, 0.4) is 0 Å². The van der Waals surface area contributed by atoms with Gasteiger partial charge in [0.2, 0.25) is 0 Å². The molecule has 0 saturated carbocycles. The van der Waals surface area contributed by atoms with Crippen LogP contribution in [0.5, 0.6) is 11.5 Å². The summed E-state index contributed by atoms with van der Waals surface area (Å²) in [5.41, 5.74) is 6.02. The van der Waals surface area contributed by atoms with Gasteiger partial charge in [-0.15, -0.1) is 0 Å². The average Bonchev–Trinajstić information content (AvgIpc) is 3.13. The van der Waals surface area contributed by atoms with E-state index in [9.17, 15) is 9.59 Å². The van der Waals surface area contributed by atoms with E-state index in [1.807, 2.05) is 79.7 Å². The number of anilines is 4. The van der Waals surface area contributed by atoms with Crippen LogP contribution >= 0.6 is 0 Å². The van der Waals surface area contributed by atoms with Crippen LogP contribution in [-0.2, 0) is 4.74 Å². The fraction of sp³-hybridized carbons (Fsp3) is 0.0769. The van der Waals surface area contributed by atoms with E-state index >= 15 is 0 Å². The lowest BCUT2D eigenvalue weighted by Crippen LogP contribution is -2.15. The number of hydrogen-bond acceptors (Lipinski definition) is 9. The van der Waals surface area contributed by atoms with Crippen LogP contribution in [-0.4, -0.2) is 35.6 Å². The molecule has 0 unspecified atom stereocenters. The van der Waals surface area contributed by atoms with Crippen molar-refractivity contribution in [3.05, 3.63) is 145 Å². The third kappa shape index (κ3) is 7.48. The van der Waals surface area contributed by atoms with Gasteiger partial charge in [0, 0.05) is 11.1 Å². The second kappa shape index (κ2) is 14.7. The van der Waals surface area contributed by atoms with Gasteiger partial charge in [0.15, 0.2) is 0 Å². The molecule has 0 aliphatic rings. The van der Waals surface area contributed by atoms with Gasteiger partial charge in [-0.3, -0.25) is 9.97 Å². The minimum Gasteiger partial charge on any atom is -0.497 e. The van der Waals surface area contributed by atoms with Gasteiger partial charge < -0.3 is 24.8 Å². The number of carbonyl (C=O) groups excluding carboxylic acids is 2. The van der Waals surface area contributed by atoms with E-state index in [0.29, 0.717) is 29.4 Å². The van der Waals surface area contributed by atoms with E-state index in [1.54, 1.807) is 68.0 Å². The molecule has 0 radical (unpaired) electrons. The molecule has 0 atom stereocenters. The van der Waals surface area contributed by atoms with Crippen LogP contribution in [0.15, 0.2) is 134 Å². The highest BCUT2D eigenvalue weighted by molar-refractivity contribution is 6.07. The van der Waals surface area contributed by atoms with Crippen molar-refractivity contribution in [1.29, 1.82) is 0 Å². The number of hydrogen-bond donors (Lipinski definition) is 2. The van der Waals surface area contributed by atoms with Crippen LogP contribution in [0.4, 0.5) is 22.7 Å². The number of pyridine rings is 2. The highest BCUT2D eigenvalue weighted by Crippen LogP contribution is 2.28. The Labute approximate surface area is 278 Å². The molecule has 6 rings (SSSR count). The lowest BCUT2D eigenvalue weighted by molar-refractivity contribution is 0.0399. The zero-order valence-corrected chi connectivity index (χ0v) is 26.3. The monoisotopic (exact) mass is 636 g/mol. The molecule has 0 bridgehead atoms. The standard InChI is InChI=1S/C39H32N4O5/c1-3-47-31-13-9-11-27(23-31)35-21-19-29(25-41-35)43-37-17-7-5-15-33(37)39(45)48-38(44)32-14-4-6-16-36(32)42-28-18-20-34(40-24-28)26-10-8-12-30(22-26)46-2/h4-25,42-43H,3H2,1-2H3. The Kier molecular flexibility index (Phi) is 9.67. The first-order valence-electron chi connectivity index (χ1n) is 15.3. The van der Waals surface area contributed by atoms with Gasteiger partial charge in [0.05, 0.1) is 71.4 Å². The van der Waals surface area contributed by atoms with E-state index in [0.717, 1.165) is 34.0 Å². The first-order valence-corrected chi connectivity index (χ1v) is 15.3. The molecule has 6 aromatic rings. The third-order valence-electron chi connectivity index (χ3n) is 7.37. The van der Waals surface area contributed by atoms with Crippen molar-refractivity contribution in [1.82, 2.24) is 9.97 Å². The van der Waals surface area contributed by atoms with Gasteiger partial charge in [-0.25, -0.2) is 9.59 Å². The first-order chi connectivity index (χ1) is 23.5. The summed E-state index contributed by atoms with van der Waals surface area (Å²) in [6.45, 7) is 2.52. The van der Waals surface area contributed by atoms with Crippen LogP contribution in [0.25, 0.3) is 22.5 Å². The molecule has 0 saturated heterocycles. The van der Waals surface area contributed by atoms with Gasteiger partial charge >= 0.3 is 11.9 Å². The molecule has 0 aliphatic carbocycles. The summed E-state index contributed by atoms with van der Waals surface area (Å²) in [6, 6.07) is 36.5. The Morgan fingerprint density at radius 3 is 1.58 bits per heavy atom. The predicted molar refractivity (Wildman–Crippen MR) is 186 cm³/mol. The number of para-hydroxylation sites is 2. The zero-order valence-electron chi connectivity index (χ0n) is 26.3. The van der Waals surface area contributed by atoms with Gasteiger partial charge in [-0.1, -0.05) is 48.5 Å². The number of rotatable bonds is 11. The molecule has 0 spiro atoms. The Balaban J connectivity index is 1.13. The Morgan fingerprint density at radius 2 is 1.10 bits per heavy atom. The van der Waals surface area contributed by atoms with Crippen LogP contribution in [0.1, 0.15) is 27.6 Å². The Bertz CT molecular complexity index is 2050. The maximum Gasteiger partial charge on any atom is 0.348 e. The number of aromatic nitrogens is 2. The summed E-state index contributed by atoms with van der Waals surface area (Å²) in [4.78, 5) is 35.7. The highest BCUT2D eigenvalue weighted by atomic mass is 16.6. The van der Waals surface area contributed by atoms with Crippen molar-refractivity contribution < 1.29 is 23.8 Å². The third-order valence-corrected chi connectivity index (χ3v) is 7.37. The maximum absolute atomic E-state index is 13.3. The minimum absolute atomic E-state index is 0.196. The normalized spacial score (nSPS) is 10.5.